The second kappa shape index (κ2) is 6.93. The third-order valence-corrected chi connectivity index (χ3v) is 2.09. The smallest absolute Gasteiger partial charge is 0.261 e. The molecule has 0 aliphatic carbocycles. The molecule has 0 aliphatic rings. The van der Waals surface area contributed by atoms with Crippen LogP contribution in [0, 0.1) is 11.6 Å². The maximum atomic E-state index is 13.4. The van der Waals surface area contributed by atoms with Crippen LogP contribution in [0.4, 0.5) is 23.2 Å². The molecular weight excluding hydrogens is 268 g/mol. The molecule has 0 aromatic heterocycles. The number of nitrogens with one attached hydrogen (secondary N) is 1. The fraction of sp³-hybridized carbons (Fsp3) is 0.364. The molecule has 0 unspecified atom stereocenters. The maximum Gasteiger partial charge on any atom is 0.261 e. The van der Waals surface area contributed by atoms with E-state index in [1.54, 1.807) is 0 Å². The van der Waals surface area contributed by atoms with Gasteiger partial charge in [-0.1, -0.05) is 0 Å². The van der Waals surface area contributed by atoms with Crippen molar-refractivity contribution in [3.05, 3.63) is 29.3 Å². The summed E-state index contributed by atoms with van der Waals surface area (Å²) in [5, 5.41) is 2.20. The minimum absolute atomic E-state index is 0.110. The number of rotatable bonds is 6. The fourth-order valence-electron chi connectivity index (χ4n) is 1.28. The Bertz CT molecular complexity index is 455. The molecule has 0 aliphatic heterocycles. The van der Waals surface area contributed by atoms with Gasteiger partial charge in [0.15, 0.2) is 5.82 Å². The molecular formula is C11H12F4N2O2. The van der Waals surface area contributed by atoms with Crippen molar-refractivity contribution in [3.8, 4) is 0 Å². The van der Waals surface area contributed by atoms with Crippen LogP contribution in [0.2, 0.25) is 0 Å². The van der Waals surface area contributed by atoms with Crippen molar-refractivity contribution in [2.75, 3.05) is 25.5 Å². The number of halogens is 4. The van der Waals surface area contributed by atoms with Crippen molar-refractivity contribution in [2.45, 2.75) is 6.43 Å². The van der Waals surface area contributed by atoms with Gasteiger partial charge >= 0.3 is 0 Å². The molecule has 0 heterocycles. The van der Waals surface area contributed by atoms with Crippen LogP contribution < -0.4 is 11.1 Å². The predicted octanol–water partition coefficient (Wildman–Crippen LogP) is 1.56. The number of alkyl halides is 2. The molecule has 0 bridgehead atoms. The predicted molar refractivity (Wildman–Crippen MR) is 59.9 cm³/mol. The van der Waals surface area contributed by atoms with Gasteiger partial charge in [-0.25, -0.2) is 17.6 Å². The van der Waals surface area contributed by atoms with Crippen molar-refractivity contribution in [2.24, 2.45) is 0 Å². The zero-order chi connectivity index (χ0) is 14.4. The van der Waals surface area contributed by atoms with E-state index in [9.17, 15) is 22.4 Å². The van der Waals surface area contributed by atoms with E-state index in [-0.39, 0.29) is 13.2 Å². The number of carbonyl (C=O) groups excluding carboxylic acids is 1. The van der Waals surface area contributed by atoms with Crippen molar-refractivity contribution in [1.82, 2.24) is 5.32 Å². The Hall–Kier alpha value is -1.83. The van der Waals surface area contributed by atoms with Gasteiger partial charge in [-0.2, -0.15) is 0 Å². The number of carbonyl (C=O) groups is 1. The highest BCUT2D eigenvalue weighted by molar-refractivity contribution is 5.95. The zero-order valence-electron chi connectivity index (χ0n) is 9.76. The third-order valence-electron chi connectivity index (χ3n) is 2.09. The number of hydrogen-bond acceptors (Lipinski definition) is 3. The van der Waals surface area contributed by atoms with E-state index in [2.05, 4.69) is 10.1 Å². The largest absolute Gasteiger partial charge is 0.396 e. The Balaban J connectivity index is 2.50. The molecule has 106 valence electrons. The first kappa shape index (κ1) is 15.2. The van der Waals surface area contributed by atoms with Crippen molar-refractivity contribution in [3.63, 3.8) is 0 Å². The average molecular weight is 280 g/mol. The van der Waals surface area contributed by atoms with Crippen LogP contribution in [0.25, 0.3) is 0 Å². The molecule has 0 saturated carbocycles. The molecule has 0 fully saturated rings. The van der Waals surface area contributed by atoms with Gasteiger partial charge in [-0.15, -0.1) is 0 Å². The number of benzene rings is 1. The summed E-state index contributed by atoms with van der Waals surface area (Å²) in [4.78, 5) is 11.5. The molecule has 0 spiro atoms. The maximum absolute atomic E-state index is 13.4. The topological polar surface area (TPSA) is 64.4 Å². The molecule has 0 saturated heterocycles. The molecule has 1 aromatic carbocycles. The van der Waals surface area contributed by atoms with E-state index in [1.165, 1.54) is 0 Å². The van der Waals surface area contributed by atoms with Gasteiger partial charge in [0, 0.05) is 6.54 Å². The number of hydrogen-bond donors (Lipinski definition) is 2. The van der Waals surface area contributed by atoms with E-state index in [0.29, 0.717) is 6.07 Å². The summed E-state index contributed by atoms with van der Waals surface area (Å²) in [7, 11) is 0. The standard InChI is InChI=1S/C11H12F4N2O2/c12-6-3-7(10(15)8(16)4-6)11(18)17-1-2-19-5-9(13)14/h3-4,9H,1-2,5,16H2,(H,17,18). The van der Waals surface area contributed by atoms with Crippen LogP contribution in [0.1, 0.15) is 10.4 Å². The van der Waals surface area contributed by atoms with Gasteiger partial charge in [0.2, 0.25) is 0 Å². The van der Waals surface area contributed by atoms with Gasteiger partial charge in [-0.3, -0.25) is 4.79 Å². The molecule has 3 N–H and O–H groups in total. The molecule has 4 nitrogen and oxygen atoms in total. The summed E-state index contributed by atoms with van der Waals surface area (Å²) >= 11 is 0. The van der Waals surface area contributed by atoms with Crippen molar-refractivity contribution >= 4 is 11.6 Å². The first-order valence-electron chi connectivity index (χ1n) is 5.30. The van der Waals surface area contributed by atoms with E-state index in [1.807, 2.05) is 0 Å². The summed E-state index contributed by atoms with van der Waals surface area (Å²) in [5.41, 5.74) is 4.13. The summed E-state index contributed by atoms with van der Waals surface area (Å²) in [6.07, 6.45) is -2.60. The second-order valence-corrected chi connectivity index (χ2v) is 3.58. The lowest BCUT2D eigenvalue weighted by molar-refractivity contribution is 0.0188. The normalized spacial score (nSPS) is 10.8. The SMILES string of the molecule is Nc1cc(F)cc(C(=O)NCCOCC(F)F)c1F. The lowest BCUT2D eigenvalue weighted by atomic mass is 10.1. The van der Waals surface area contributed by atoms with Crippen LogP contribution >= 0.6 is 0 Å². The van der Waals surface area contributed by atoms with Crippen LogP contribution in [0.15, 0.2) is 12.1 Å². The van der Waals surface area contributed by atoms with E-state index in [0.717, 1.165) is 6.07 Å². The van der Waals surface area contributed by atoms with E-state index < -0.39 is 41.8 Å². The Morgan fingerprint density at radius 1 is 1.37 bits per heavy atom. The van der Waals surface area contributed by atoms with Gasteiger partial charge in [0.1, 0.15) is 12.4 Å². The average Bonchev–Trinajstić information content (AvgIpc) is 2.32. The highest BCUT2D eigenvalue weighted by Gasteiger charge is 2.15. The lowest BCUT2D eigenvalue weighted by Gasteiger charge is -2.08. The van der Waals surface area contributed by atoms with Crippen molar-refractivity contribution < 1.29 is 27.1 Å². The number of nitrogens with two attached hydrogens (primary N) is 1. The summed E-state index contributed by atoms with van der Waals surface area (Å²) < 4.78 is 54.3. The minimum atomic E-state index is -2.60. The Morgan fingerprint density at radius 2 is 2.05 bits per heavy atom. The number of ether oxygens (including phenoxy) is 1. The van der Waals surface area contributed by atoms with Crippen LogP contribution in [0.5, 0.6) is 0 Å². The Morgan fingerprint density at radius 3 is 2.68 bits per heavy atom. The summed E-state index contributed by atoms with van der Waals surface area (Å²) in [6.45, 7) is -1.03. The Kier molecular flexibility index (Phi) is 5.56. The van der Waals surface area contributed by atoms with Gasteiger partial charge in [0.25, 0.3) is 12.3 Å². The number of nitrogen functional groups attached to an aromatic ring is 1. The zero-order valence-corrected chi connectivity index (χ0v) is 9.76. The van der Waals surface area contributed by atoms with Crippen LogP contribution in [-0.2, 0) is 4.74 Å². The summed E-state index contributed by atoms with van der Waals surface area (Å²) in [6, 6.07) is 1.44. The lowest BCUT2D eigenvalue weighted by Crippen LogP contribution is -2.28. The van der Waals surface area contributed by atoms with Crippen LogP contribution in [0.3, 0.4) is 0 Å². The molecule has 1 rings (SSSR count). The van der Waals surface area contributed by atoms with Crippen molar-refractivity contribution in [1.29, 1.82) is 0 Å². The number of amides is 1. The highest BCUT2D eigenvalue weighted by atomic mass is 19.3. The highest BCUT2D eigenvalue weighted by Crippen LogP contribution is 2.17. The second-order valence-electron chi connectivity index (χ2n) is 3.58. The quantitative estimate of drug-likeness (QED) is 0.472. The Labute approximate surface area is 106 Å². The molecule has 0 atom stereocenters. The molecule has 1 amide bonds. The molecule has 8 heteroatoms. The van der Waals surface area contributed by atoms with Gasteiger partial charge in [-0.05, 0) is 12.1 Å². The van der Waals surface area contributed by atoms with Gasteiger partial charge < -0.3 is 15.8 Å². The monoisotopic (exact) mass is 280 g/mol. The first-order chi connectivity index (χ1) is 8.91. The van der Waals surface area contributed by atoms with E-state index in [4.69, 9.17) is 5.73 Å². The van der Waals surface area contributed by atoms with Gasteiger partial charge in [0.05, 0.1) is 17.9 Å². The number of anilines is 1. The molecule has 19 heavy (non-hydrogen) atoms. The minimum Gasteiger partial charge on any atom is -0.396 e. The third kappa shape index (κ3) is 4.74. The fourth-order valence-corrected chi connectivity index (χ4v) is 1.28. The van der Waals surface area contributed by atoms with E-state index >= 15 is 0 Å². The first-order valence-corrected chi connectivity index (χ1v) is 5.30. The molecule has 1 aromatic rings. The molecule has 0 radical (unpaired) electrons. The van der Waals surface area contributed by atoms with Crippen LogP contribution in [-0.4, -0.2) is 32.1 Å². The summed E-state index contributed by atoms with van der Waals surface area (Å²) in [5.74, 6) is -2.78.